The fourth-order valence-corrected chi connectivity index (χ4v) is 5.04. The van der Waals surface area contributed by atoms with Gasteiger partial charge in [-0.1, -0.05) is 49.2 Å². The highest BCUT2D eigenvalue weighted by molar-refractivity contribution is 6.36. The van der Waals surface area contributed by atoms with Crippen molar-refractivity contribution in [1.82, 2.24) is 0 Å². The van der Waals surface area contributed by atoms with Gasteiger partial charge in [-0.05, 0) is 36.1 Å². The van der Waals surface area contributed by atoms with E-state index in [4.69, 9.17) is 23.2 Å². The third-order valence-electron chi connectivity index (χ3n) is 5.62. The van der Waals surface area contributed by atoms with Crippen LogP contribution < -0.4 is 10.2 Å². The normalized spacial score (nSPS) is 20.2. The number of para-hydroxylation sites is 1. The van der Waals surface area contributed by atoms with E-state index < -0.39 is 6.04 Å². The van der Waals surface area contributed by atoms with Crippen LogP contribution in [0.4, 0.5) is 11.4 Å². The number of phenols is 1. The number of hydrogen-bond donors (Lipinski definition) is 2. The van der Waals surface area contributed by atoms with Crippen LogP contribution in [0.2, 0.25) is 10.0 Å². The summed E-state index contributed by atoms with van der Waals surface area (Å²) in [6.45, 7) is 5.47. The SMILES string of the molecule is CC(=O)N1c2cccc(O)c2NC2=C(C(=O)CC(C)(C)C2)C1c1c(Cl)cccc1Cl. The average Bonchev–Trinajstić information content (AvgIpc) is 2.76. The molecule has 0 spiro atoms. The fourth-order valence-electron chi connectivity index (χ4n) is 4.44. The monoisotopic (exact) mass is 444 g/mol. The van der Waals surface area contributed by atoms with Gasteiger partial charge in [0, 0.05) is 40.2 Å². The van der Waals surface area contributed by atoms with Crippen molar-refractivity contribution in [1.29, 1.82) is 0 Å². The highest BCUT2D eigenvalue weighted by Crippen LogP contribution is 2.52. The lowest BCUT2D eigenvalue weighted by Crippen LogP contribution is -2.38. The van der Waals surface area contributed by atoms with Crippen molar-refractivity contribution in [2.24, 2.45) is 5.41 Å². The number of Topliss-reactive ketones (excluding diaryl/α,β-unsaturated/α-hetero) is 1. The van der Waals surface area contributed by atoms with E-state index in [-0.39, 0.29) is 22.9 Å². The van der Waals surface area contributed by atoms with Crippen LogP contribution in [0.5, 0.6) is 5.75 Å². The van der Waals surface area contributed by atoms with Crippen LogP contribution in [0.3, 0.4) is 0 Å². The number of nitrogens with one attached hydrogen (secondary N) is 1. The number of carbonyl (C=O) groups excluding carboxylic acids is 2. The zero-order chi connectivity index (χ0) is 21.8. The van der Waals surface area contributed by atoms with Gasteiger partial charge in [0.05, 0.1) is 11.7 Å². The molecule has 2 N–H and O–H groups in total. The van der Waals surface area contributed by atoms with Gasteiger partial charge in [0.2, 0.25) is 5.91 Å². The van der Waals surface area contributed by atoms with E-state index in [1.807, 2.05) is 13.8 Å². The zero-order valence-corrected chi connectivity index (χ0v) is 18.4. The summed E-state index contributed by atoms with van der Waals surface area (Å²) in [5.41, 5.74) is 2.20. The second-order valence-electron chi connectivity index (χ2n) is 8.56. The first-order chi connectivity index (χ1) is 14.1. The number of phenolic OH excluding ortho intramolecular Hbond substituents is 1. The van der Waals surface area contributed by atoms with Crippen molar-refractivity contribution in [2.75, 3.05) is 10.2 Å². The number of anilines is 2. The molecule has 7 heteroatoms. The molecule has 2 aromatic carbocycles. The third-order valence-corrected chi connectivity index (χ3v) is 6.28. The Kier molecular flexibility index (Phi) is 5.07. The van der Waals surface area contributed by atoms with Crippen LogP contribution in [0.15, 0.2) is 47.7 Å². The maximum Gasteiger partial charge on any atom is 0.224 e. The Balaban J connectivity index is 2.10. The molecular formula is C23H22Cl2N2O3. The Hall–Kier alpha value is -2.50. The second kappa shape index (κ2) is 7.33. The number of fused-ring (bicyclic) bond motifs is 1. The fraction of sp³-hybridized carbons (Fsp3) is 0.304. The molecule has 1 atom stereocenters. The lowest BCUT2D eigenvalue weighted by Gasteiger charge is -2.37. The van der Waals surface area contributed by atoms with Gasteiger partial charge in [-0.25, -0.2) is 0 Å². The van der Waals surface area contributed by atoms with Crippen LogP contribution in [-0.4, -0.2) is 16.8 Å². The van der Waals surface area contributed by atoms with Crippen molar-refractivity contribution in [3.8, 4) is 5.75 Å². The molecule has 30 heavy (non-hydrogen) atoms. The van der Waals surface area contributed by atoms with E-state index in [0.717, 1.165) is 0 Å². The highest BCUT2D eigenvalue weighted by atomic mass is 35.5. The summed E-state index contributed by atoms with van der Waals surface area (Å²) in [4.78, 5) is 27.9. The molecule has 1 amide bonds. The number of halogens is 2. The van der Waals surface area contributed by atoms with Crippen LogP contribution in [0.25, 0.3) is 0 Å². The maximum absolute atomic E-state index is 13.4. The summed E-state index contributed by atoms with van der Waals surface area (Å²) in [5, 5.41) is 14.6. The van der Waals surface area contributed by atoms with Crippen molar-refractivity contribution < 1.29 is 14.7 Å². The van der Waals surface area contributed by atoms with Crippen LogP contribution in [0.1, 0.15) is 45.2 Å². The van der Waals surface area contributed by atoms with E-state index in [0.29, 0.717) is 51.1 Å². The molecule has 1 heterocycles. The largest absolute Gasteiger partial charge is 0.506 e. The number of nitrogens with zero attached hydrogens (tertiary/aromatic N) is 1. The van der Waals surface area contributed by atoms with Crippen molar-refractivity contribution in [2.45, 2.75) is 39.7 Å². The summed E-state index contributed by atoms with van der Waals surface area (Å²) >= 11 is 13.1. The molecule has 2 aromatic rings. The molecule has 0 saturated heterocycles. The lowest BCUT2D eigenvalue weighted by molar-refractivity contribution is -0.118. The van der Waals surface area contributed by atoms with Gasteiger partial charge in [-0.3, -0.25) is 14.5 Å². The minimum absolute atomic E-state index is 0.00710. The number of benzene rings is 2. The molecule has 0 fully saturated rings. The van der Waals surface area contributed by atoms with Gasteiger partial charge < -0.3 is 10.4 Å². The average molecular weight is 445 g/mol. The Labute approximate surface area is 185 Å². The van der Waals surface area contributed by atoms with Crippen LogP contribution in [0, 0.1) is 5.41 Å². The Morgan fingerprint density at radius 3 is 2.40 bits per heavy atom. The van der Waals surface area contributed by atoms with Crippen molar-refractivity contribution in [3.63, 3.8) is 0 Å². The number of allylic oxidation sites excluding steroid dienone is 1. The molecule has 1 aliphatic carbocycles. The molecule has 2 aliphatic rings. The van der Waals surface area contributed by atoms with E-state index in [2.05, 4.69) is 5.32 Å². The van der Waals surface area contributed by atoms with E-state index in [9.17, 15) is 14.7 Å². The van der Waals surface area contributed by atoms with Crippen LogP contribution in [-0.2, 0) is 9.59 Å². The topological polar surface area (TPSA) is 69.6 Å². The van der Waals surface area contributed by atoms with E-state index in [1.54, 1.807) is 36.4 Å². The van der Waals surface area contributed by atoms with Crippen molar-refractivity contribution >= 4 is 46.3 Å². The number of amides is 1. The molecule has 4 rings (SSSR count). The number of carbonyl (C=O) groups is 2. The molecule has 156 valence electrons. The summed E-state index contributed by atoms with van der Waals surface area (Å²) in [6.07, 6.45) is 0.909. The highest BCUT2D eigenvalue weighted by Gasteiger charge is 2.44. The first-order valence-electron chi connectivity index (χ1n) is 9.69. The lowest BCUT2D eigenvalue weighted by atomic mass is 9.73. The molecule has 1 unspecified atom stereocenters. The number of ketones is 1. The number of hydrogen-bond acceptors (Lipinski definition) is 4. The summed E-state index contributed by atoms with van der Waals surface area (Å²) in [5.74, 6) is -0.378. The molecule has 0 bridgehead atoms. The molecule has 0 aromatic heterocycles. The predicted molar refractivity (Wildman–Crippen MR) is 119 cm³/mol. The number of aromatic hydroxyl groups is 1. The summed E-state index contributed by atoms with van der Waals surface area (Å²) < 4.78 is 0. The maximum atomic E-state index is 13.4. The van der Waals surface area contributed by atoms with Crippen molar-refractivity contribution in [3.05, 3.63) is 63.3 Å². The van der Waals surface area contributed by atoms with Gasteiger partial charge in [-0.2, -0.15) is 0 Å². The molecule has 1 aliphatic heterocycles. The predicted octanol–water partition coefficient (Wildman–Crippen LogP) is 5.86. The van der Waals surface area contributed by atoms with Crippen LogP contribution >= 0.6 is 23.2 Å². The Morgan fingerprint density at radius 2 is 1.77 bits per heavy atom. The quantitative estimate of drug-likeness (QED) is 0.540. The standard InChI is InChI=1S/C23H22Cl2N2O3/c1-12(28)27-16-8-5-9-17(29)21(16)26-15-10-23(2,3)11-18(30)20(15)22(27)19-13(24)6-4-7-14(19)25/h4-9,22,26,29H,10-11H2,1-3H3. The van der Waals surface area contributed by atoms with Gasteiger partial charge in [0.1, 0.15) is 11.4 Å². The van der Waals surface area contributed by atoms with Gasteiger partial charge in [-0.15, -0.1) is 0 Å². The smallest absolute Gasteiger partial charge is 0.224 e. The van der Waals surface area contributed by atoms with E-state index in [1.165, 1.54) is 11.8 Å². The Bertz CT molecular complexity index is 1090. The molecule has 0 saturated carbocycles. The zero-order valence-electron chi connectivity index (χ0n) is 16.9. The first-order valence-corrected chi connectivity index (χ1v) is 10.5. The minimum atomic E-state index is -0.808. The minimum Gasteiger partial charge on any atom is -0.506 e. The molecular weight excluding hydrogens is 423 g/mol. The molecule has 5 nitrogen and oxygen atoms in total. The summed E-state index contributed by atoms with van der Waals surface area (Å²) in [6, 6.07) is 9.24. The summed E-state index contributed by atoms with van der Waals surface area (Å²) in [7, 11) is 0. The Morgan fingerprint density at radius 1 is 1.13 bits per heavy atom. The molecule has 0 radical (unpaired) electrons. The van der Waals surface area contributed by atoms with Gasteiger partial charge in [0.15, 0.2) is 5.78 Å². The van der Waals surface area contributed by atoms with Gasteiger partial charge in [0.25, 0.3) is 0 Å². The van der Waals surface area contributed by atoms with Gasteiger partial charge >= 0.3 is 0 Å². The van der Waals surface area contributed by atoms with E-state index >= 15 is 0 Å². The first kappa shape index (κ1) is 20.8. The second-order valence-corrected chi connectivity index (χ2v) is 9.37. The number of rotatable bonds is 1. The third kappa shape index (κ3) is 3.36.